The molecule has 0 aliphatic carbocycles. The Morgan fingerprint density at radius 1 is 0.929 bits per heavy atom. The molecule has 3 rings (SSSR count). The van der Waals surface area contributed by atoms with Gasteiger partial charge in [-0.2, -0.15) is 0 Å². The van der Waals surface area contributed by atoms with Crippen LogP contribution < -0.4 is 14.8 Å². The van der Waals surface area contributed by atoms with Crippen molar-refractivity contribution < 1.29 is 14.6 Å². The Bertz CT molecular complexity index is 863. The Balaban J connectivity index is 1.64. The third-order valence-corrected chi connectivity index (χ3v) is 4.62. The largest absolute Gasteiger partial charge is 0.493 e. The predicted octanol–water partition coefficient (Wildman–Crippen LogP) is 4.41. The SMILES string of the molecule is COc1cccc(CNCC(O)c2ccccc2)c1OCc1ccc(C)cc1. The zero-order valence-corrected chi connectivity index (χ0v) is 16.4. The van der Waals surface area contributed by atoms with E-state index in [0.717, 1.165) is 22.4 Å². The molecule has 4 nitrogen and oxygen atoms in total. The summed E-state index contributed by atoms with van der Waals surface area (Å²) in [7, 11) is 1.64. The smallest absolute Gasteiger partial charge is 0.166 e. The molecule has 3 aromatic carbocycles. The first-order valence-electron chi connectivity index (χ1n) is 9.45. The second kappa shape index (κ2) is 9.93. The minimum atomic E-state index is -0.552. The lowest BCUT2D eigenvalue weighted by molar-refractivity contribution is 0.174. The molecular formula is C24H27NO3. The molecule has 28 heavy (non-hydrogen) atoms. The fourth-order valence-electron chi connectivity index (χ4n) is 3.00. The number of aliphatic hydroxyl groups is 1. The number of methoxy groups -OCH3 is 1. The van der Waals surface area contributed by atoms with Crippen molar-refractivity contribution in [3.8, 4) is 11.5 Å². The highest BCUT2D eigenvalue weighted by Crippen LogP contribution is 2.32. The maximum absolute atomic E-state index is 10.3. The van der Waals surface area contributed by atoms with E-state index in [1.165, 1.54) is 5.56 Å². The van der Waals surface area contributed by atoms with E-state index in [-0.39, 0.29) is 0 Å². The average molecular weight is 377 g/mol. The third kappa shape index (κ3) is 5.35. The number of hydrogen-bond donors (Lipinski definition) is 2. The lowest BCUT2D eigenvalue weighted by Gasteiger charge is -2.17. The van der Waals surface area contributed by atoms with Crippen molar-refractivity contribution in [2.75, 3.05) is 13.7 Å². The van der Waals surface area contributed by atoms with Gasteiger partial charge in [-0.15, -0.1) is 0 Å². The summed E-state index contributed by atoms with van der Waals surface area (Å²) in [5.41, 5.74) is 4.22. The van der Waals surface area contributed by atoms with Crippen LogP contribution in [0.15, 0.2) is 72.8 Å². The van der Waals surface area contributed by atoms with Crippen LogP contribution in [0, 0.1) is 6.92 Å². The summed E-state index contributed by atoms with van der Waals surface area (Å²) in [4.78, 5) is 0. The summed E-state index contributed by atoms with van der Waals surface area (Å²) in [6.07, 6.45) is -0.552. The van der Waals surface area contributed by atoms with Crippen molar-refractivity contribution in [3.05, 3.63) is 95.1 Å². The van der Waals surface area contributed by atoms with Crippen molar-refractivity contribution in [1.82, 2.24) is 5.32 Å². The molecule has 0 saturated heterocycles. The molecule has 1 atom stereocenters. The van der Waals surface area contributed by atoms with Gasteiger partial charge >= 0.3 is 0 Å². The fourth-order valence-corrected chi connectivity index (χ4v) is 3.00. The van der Waals surface area contributed by atoms with E-state index in [9.17, 15) is 5.11 Å². The summed E-state index contributed by atoms with van der Waals surface area (Å²) in [6.45, 7) is 3.57. The van der Waals surface area contributed by atoms with Crippen LogP contribution in [0.1, 0.15) is 28.4 Å². The van der Waals surface area contributed by atoms with Crippen LogP contribution in [-0.4, -0.2) is 18.8 Å². The maximum Gasteiger partial charge on any atom is 0.166 e. The Morgan fingerprint density at radius 3 is 2.39 bits per heavy atom. The molecule has 2 N–H and O–H groups in total. The van der Waals surface area contributed by atoms with E-state index in [1.54, 1.807) is 7.11 Å². The van der Waals surface area contributed by atoms with Crippen molar-refractivity contribution in [1.29, 1.82) is 0 Å². The van der Waals surface area contributed by atoms with Crippen LogP contribution in [0.3, 0.4) is 0 Å². The summed E-state index contributed by atoms with van der Waals surface area (Å²) >= 11 is 0. The second-order valence-electron chi connectivity index (χ2n) is 6.78. The molecule has 0 amide bonds. The summed E-state index contributed by atoms with van der Waals surface area (Å²) in [6, 6.07) is 23.8. The number of nitrogens with one attached hydrogen (secondary N) is 1. The number of para-hydroxylation sites is 1. The Kier molecular flexibility index (Phi) is 7.06. The van der Waals surface area contributed by atoms with Crippen molar-refractivity contribution in [2.24, 2.45) is 0 Å². The second-order valence-corrected chi connectivity index (χ2v) is 6.78. The van der Waals surface area contributed by atoms with Crippen LogP contribution >= 0.6 is 0 Å². The van der Waals surface area contributed by atoms with E-state index >= 15 is 0 Å². The molecule has 0 fully saturated rings. The zero-order chi connectivity index (χ0) is 19.8. The molecule has 0 spiro atoms. The predicted molar refractivity (Wildman–Crippen MR) is 112 cm³/mol. The standard InChI is InChI=1S/C24H27NO3/c1-18-11-13-19(14-12-18)17-28-24-21(9-6-10-23(24)27-2)15-25-16-22(26)20-7-4-3-5-8-20/h3-14,22,25-26H,15-17H2,1-2H3. The van der Waals surface area contributed by atoms with Crippen LogP contribution in [0.2, 0.25) is 0 Å². The van der Waals surface area contributed by atoms with Gasteiger partial charge in [0.2, 0.25) is 0 Å². The van der Waals surface area contributed by atoms with Gasteiger partial charge in [-0.25, -0.2) is 0 Å². The molecule has 1 unspecified atom stereocenters. The molecule has 0 bridgehead atoms. The Labute approximate surface area is 166 Å². The number of rotatable bonds is 9. The zero-order valence-electron chi connectivity index (χ0n) is 16.4. The molecule has 0 aliphatic heterocycles. The monoisotopic (exact) mass is 377 g/mol. The minimum absolute atomic E-state index is 0.457. The molecule has 146 valence electrons. The van der Waals surface area contributed by atoms with E-state index in [2.05, 4.69) is 36.5 Å². The van der Waals surface area contributed by atoms with Gasteiger partial charge in [0.25, 0.3) is 0 Å². The minimum Gasteiger partial charge on any atom is -0.493 e. The van der Waals surface area contributed by atoms with E-state index in [4.69, 9.17) is 9.47 Å². The summed E-state index contributed by atoms with van der Waals surface area (Å²) in [5, 5.41) is 13.6. The average Bonchev–Trinajstić information content (AvgIpc) is 2.74. The van der Waals surface area contributed by atoms with E-state index in [1.807, 2.05) is 48.5 Å². The van der Waals surface area contributed by atoms with Crippen molar-refractivity contribution >= 4 is 0 Å². The molecular weight excluding hydrogens is 350 g/mol. The Morgan fingerprint density at radius 2 is 1.68 bits per heavy atom. The number of ether oxygens (including phenoxy) is 2. The normalized spacial score (nSPS) is 11.8. The van der Waals surface area contributed by atoms with Gasteiger partial charge in [-0.1, -0.05) is 72.3 Å². The van der Waals surface area contributed by atoms with E-state index < -0.39 is 6.10 Å². The fraction of sp³-hybridized carbons (Fsp3) is 0.250. The van der Waals surface area contributed by atoms with Gasteiger partial charge in [0.05, 0.1) is 13.2 Å². The number of aliphatic hydroxyl groups excluding tert-OH is 1. The van der Waals surface area contributed by atoms with Crippen LogP contribution in [0.4, 0.5) is 0 Å². The van der Waals surface area contributed by atoms with Crippen LogP contribution in [-0.2, 0) is 13.2 Å². The highest BCUT2D eigenvalue weighted by atomic mass is 16.5. The van der Waals surface area contributed by atoms with Gasteiger partial charge < -0.3 is 19.9 Å². The number of aryl methyl sites for hydroxylation is 1. The quantitative estimate of drug-likeness (QED) is 0.580. The highest BCUT2D eigenvalue weighted by molar-refractivity contribution is 5.46. The van der Waals surface area contributed by atoms with Gasteiger partial charge in [0.15, 0.2) is 11.5 Å². The van der Waals surface area contributed by atoms with Gasteiger partial charge in [-0.05, 0) is 24.1 Å². The van der Waals surface area contributed by atoms with Crippen LogP contribution in [0.25, 0.3) is 0 Å². The first kappa shape index (κ1) is 19.9. The molecule has 4 heteroatoms. The number of benzene rings is 3. The lowest BCUT2D eigenvalue weighted by Crippen LogP contribution is -2.21. The summed E-state index contributed by atoms with van der Waals surface area (Å²) < 4.78 is 11.6. The molecule has 0 aromatic heterocycles. The molecule has 0 heterocycles. The lowest BCUT2D eigenvalue weighted by atomic mass is 10.1. The summed E-state index contributed by atoms with van der Waals surface area (Å²) in [5.74, 6) is 1.43. The van der Waals surface area contributed by atoms with E-state index in [0.29, 0.717) is 25.4 Å². The molecule has 3 aromatic rings. The highest BCUT2D eigenvalue weighted by Gasteiger charge is 2.12. The maximum atomic E-state index is 10.3. The first-order valence-corrected chi connectivity index (χ1v) is 9.45. The van der Waals surface area contributed by atoms with Crippen LogP contribution in [0.5, 0.6) is 11.5 Å². The van der Waals surface area contributed by atoms with Crippen molar-refractivity contribution in [3.63, 3.8) is 0 Å². The molecule has 0 aliphatic rings. The molecule has 0 saturated carbocycles. The topological polar surface area (TPSA) is 50.7 Å². The number of hydrogen-bond acceptors (Lipinski definition) is 4. The van der Waals surface area contributed by atoms with Gasteiger partial charge in [-0.3, -0.25) is 0 Å². The van der Waals surface area contributed by atoms with Gasteiger partial charge in [0.1, 0.15) is 6.61 Å². The molecule has 0 radical (unpaired) electrons. The Hall–Kier alpha value is -2.82. The van der Waals surface area contributed by atoms with Gasteiger partial charge in [0, 0.05) is 18.7 Å². The third-order valence-electron chi connectivity index (χ3n) is 4.62. The van der Waals surface area contributed by atoms with Crippen molar-refractivity contribution in [2.45, 2.75) is 26.2 Å². The first-order chi connectivity index (χ1) is 13.7.